The van der Waals surface area contributed by atoms with E-state index in [4.69, 9.17) is 23.0 Å². The first-order valence-electron chi connectivity index (χ1n) is 10.8. The second kappa shape index (κ2) is 10.8. The maximum Gasteiger partial charge on any atom is 0.397 e. The Balaban J connectivity index is 1.75. The molecule has 3 aromatic rings. The predicted molar refractivity (Wildman–Crippen MR) is 128 cm³/mol. The van der Waals surface area contributed by atoms with E-state index in [1.807, 2.05) is 0 Å². The van der Waals surface area contributed by atoms with E-state index in [1.165, 1.54) is 6.07 Å². The Morgan fingerprint density at radius 1 is 0.850 bits per heavy atom. The normalized spacial score (nSPS) is 23.8. The third-order valence-electron chi connectivity index (χ3n) is 5.56. The van der Waals surface area contributed by atoms with Crippen molar-refractivity contribution < 1.29 is 73.7 Å². The molecule has 2 aromatic carbocycles. The summed E-state index contributed by atoms with van der Waals surface area (Å²) < 4.78 is 88.2. The van der Waals surface area contributed by atoms with Gasteiger partial charge < -0.3 is 39.4 Å². The number of phenols is 3. The maximum atomic E-state index is 12.7. The zero-order valence-corrected chi connectivity index (χ0v) is 21.2. The van der Waals surface area contributed by atoms with Gasteiger partial charge in [0, 0.05) is 23.8 Å². The molecule has 1 aliphatic heterocycles. The molecule has 2 heterocycles. The molecule has 0 saturated carbocycles. The van der Waals surface area contributed by atoms with Gasteiger partial charge in [0.15, 0.2) is 23.0 Å². The zero-order valence-electron chi connectivity index (χ0n) is 19.6. The van der Waals surface area contributed by atoms with Crippen molar-refractivity contribution in [2.45, 2.75) is 30.7 Å². The van der Waals surface area contributed by atoms with Gasteiger partial charge in [-0.15, -0.1) is 0 Å². The Morgan fingerprint density at radius 3 is 2.10 bits per heavy atom. The maximum absolute atomic E-state index is 12.7. The van der Waals surface area contributed by atoms with Gasteiger partial charge in [0.25, 0.3) is 0 Å². The number of aromatic hydroxyl groups is 3. The van der Waals surface area contributed by atoms with Gasteiger partial charge in [-0.2, -0.15) is 16.8 Å². The van der Waals surface area contributed by atoms with Gasteiger partial charge in [-0.3, -0.25) is 13.9 Å². The standard InChI is InChI=1S/C21H20O17S2/c22-7-16-19(37-39(28,29)30)18(27)20(38-40(31,32)33)21(36-16)34-9-4-12(25)17-13(26)6-14(35-15(17)5-9)8-1-2-10(23)11(24)3-8/h1-6,16,18-25,27H,7H2,(H,28,29,30)(H,31,32,33)/t16-,18+,19-,20-,21-/m0/s1. The summed E-state index contributed by atoms with van der Waals surface area (Å²) in [7, 11) is -10.6. The van der Waals surface area contributed by atoms with Crippen molar-refractivity contribution in [3.8, 4) is 34.3 Å². The Labute approximate surface area is 223 Å². The van der Waals surface area contributed by atoms with E-state index in [0.717, 1.165) is 30.3 Å². The second-order valence-electron chi connectivity index (χ2n) is 8.31. The Kier molecular flexibility index (Phi) is 7.95. The van der Waals surface area contributed by atoms with Crippen molar-refractivity contribution in [3.05, 3.63) is 46.6 Å². The van der Waals surface area contributed by atoms with Crippen LogP contribution in [-0.2, 0) is 33.9 Å². The average molecular weight is 609 g/mol. The molecule has 0 aliphatic carbocycles. The van der Waals surface area contributed by atoms with Crippen LogP contribution >= 0.6 is 0 Å². The van der Waals surface area contributed by atoms with E-state index in [-0.39, 0.29) is 22.3 Å². The molecule has 218 valence electrons. The lowest BCUT2D eigenvalue weighted by atomic mass is 9.99. The average Bonchev–Trinajstić information content (AvgIpc) is 2.82. The minimum Gasteiger partial charge on any atom is -0.507 e. The molecular formula is C21H20O17S2. The highest BCUT2D eigenvalue weighted by Crippen LogP contribution is 2.36. The van der Waals surface area contributed by atoms with Crippen LogP contribution in [0.5, 0.6) is 23.0 Å². The fraction of sp³-hybridized carbons (Fsp3) is 0.286. The summed E-state index contributed by atoms with van der Waals surface area (Å²) in [5.41, 5.74) is -0.897. The molecule has 19 heteroatoms. The number of fused-ring (bicyclic) bond motifs is 1. The molecule has 1 aliphatic rings. The number of rotatable bonds is 8. The highest BCUT2D eigenvalue weighted by Gasteiger charge is 2.51. The summed E-state index contributed by atoms with van der Waals surface area (Å²) in [5, 5.41) is 49.5. The first-order chi connectivity index (χ1) is 18.6. The third-order valence-corrected chi connectivity index (χ3v) is 6.49. The number of ether oxygens (including phenoxy) is 2. The van der Waals surface area contributed by atoms with Crippen molar-refractivity contribution in [2.75, 3.05) is 6.61 Å². The van der Waals surface area contributed by atoms with Crippen molar-refractivity contribution >= 4 is 31.8 Å². The van der Waals surface area contributed by atoms with Crippen molar-refractivity contribution in [3.63, 3.8) is 0 Å². The van der Waals surface area contributed by atoms with Gasteiger partial charge in [0.1, 0.15) is 46.5 Å². The fourth-order valence-electron chi connectivity index (χ4n) is 3.90. The number of benzene rings is 2. The van der Waals surface area contributed by atoms with Crippen LogP contribution in [0.1, 0.15) is 0 Å². The van der Waals surface area contributed by atoms with E-state index < -0.39 is 86.5 Å². The second-order valence-corrected chi connectivity index (χ2v) is 10.4. The summed E-state index contributed by atoms with van der Waals surface area (Å²) >= 11 is 0. The van der Waals surface area contributed by atoms with Gasteiger partial charge >= 0.3 is 20.8 Å². The summed E-state index contributed by atoms with van der Waals surface area (Å²) in [6, 6.07) is 6.41. The molecule has 1 aromatic heterocycles. The highest BCUT2D eigenvalue weighted by molar-refractivity contribution is 7.81. The lowest BCUT2D eigenvalue weighted by molar-refractivity contribution is -0.266. The predicted octanol–water partition coefficient (Wildman–Crippen LogP) is -0.590. The zero-order chi connectivity index (χ0) is 29.6. The Bertz CT molecular complexity index is 1700. The molecule has 7 N–H and O–H groups in total. The summed E-state index contributed by atoms with van der Waals surface area (Å²) in [4.78, 5) is 12.7. The van der Waals surface area contributed by atoms with Crippen molar-refractivity contribution in [1.29, 1.82) is 0 Å². The third kappa shape index (κ3) is 6.43. The minimum atomic E-state index is -5.36. The van der Waals surface area contributed by atoms with E-state index in [0.29, 0.717) is 0 Å². The van der Waals surface area contributed by atoms with Gasteiger partial charge in [-0.1, -0.05) is 0 Å². The lowest BCUT2D eigenvalue weighted by Gasteiger charge is -2.41. The molecule has 17 nitrogen and oxygen atoms in total. The van der Waals surface area contributed by atoms with Crippen LogP contribution in [0.25, 0.3) is 22.3 Å². The largest absolute Gasteiger partial charge is 0.507 e. The molecule has 0 unspecified atom stereocenters. The number of phenolic OH excluding ortho intramolecular Hbond substituents is 3. The first-order valence-corrected chi connectivity index (χ1v) is 13.5. The molecule has 5 atom stereocenters. The molecule has 1 saturated heterocycles. The fourth-order valence-corrected chi connectivity index (χ4v) is 4.91. The highest BCUT2D eigenvalue weighted by atomic mass is 32.3. The minimum absolute atomic E-state index is 0.119. The molecule has 0 amide bonds. The summed E-state index contributed by atoms with van der Waals surface area (Å²) in [5.74, 6) is -2.19. The molecule has 1 fully saturated rings. The lowest BCUT2D eigenvalue weighted by Crippen LogP contribution is -2.62. The van der Waals surface area contributed by atoms with Crippen LogP contribution in [0.4, 0.5) is 0 Å². The number of aliphatic hydroxyl groups excluding tert-OH is 2. The Hall–Kier alpha value is -3.53. The van der Waals surface area contributed by atoms with Crippen LogP contribution in [0.2, 0.25) is 0 Å². The smallest absolute Gasteiger partial charge is 0.397 e. The van der Waals surface area contributed by atoms with Crippen LogP contribution in [0, 0.1) is 0 Å². The van der Waals surface area contributed by atoms with Gasteiger partial charge in [-0.05, 0) is 18.2 Å². The topological polar surface area (TPSA) is 277 Å². The SMILES string of the molecule is O=c1cc(-c2ccc(O)c(O)c2)oc2cc(O[C@H]3O[C@@H](CO)[C@H](OS(=O)(=O)O)[C@@H](O)[C@@H]3OS(=O)(=O)O)cc(O)c12. The number of hydrogen-bond donors (Lipinski definition) is 7. The molecule has 40 heavy (non-hydrogen) atoms. The van der Waals surface area contributed by atoms with E-state index in [9.17, 15) is 47.2 Å². The van der Waals surface area contributed by atoms with E-state index in [2.05, 4.69) is 8.37 Å². The van der Waals surface area contributed by atoms with Crippen molar-refractivity contribution in [2.24, 2.45) is 0 Å². The van der Waals surface area contributed by atoms with E-state index >= 15 is 0 Å². The van der Waals surface area contributed by atoms with Gasteiger partial charge in [0.2, 0.25) is 6.29 Å². The number of hydrogen-bond acceptors (Lipinski definition) is 15. The van der Waals surface area contributed by atoms with Crippen molar-refractivity contribution in [1.82, 2.24) is 0 Å². The van der Waals surface area contributed by atoms with Crippen LogP contribution in [0.3, 0.4) is 0 Å². The number of aliphatic hydroxyl groups is 2. The monoisotopic (exact) mass is 608 g/mol. The van der Waals surface area contributed by atoms with Crippen LogP contribution < -0.4 is 10.2 Å². The van der Waals surface area contributed by atoms with Crippen LogP contribution in [0.15, 0.2) is 45.6 Å². The Morgan fingerprint density at radius 2 is 1.50 bits per heavy atom. The van der Waals surface area contributed by atoms with Crippen LogP contribution in [-0.4, -0.2) is 88.8 Å². The first kappa shape index (κ1) is 29.5. The molecule has 0 radical (unpaired) electrons. The molecule has 0 spiro atoms. The van der Waals surface area contributed by atoms with Gasteiger partial charge in [-0.25, -0.2) is 8.37 Å². The molecule has 4 rings (SSSR count). The quantitative estimate of drug-likeness (QED) is 0.124. The van der Waals surface area contributed by atoms with Gasteiger partial charge in [0.05, 0.1) is 6.61 Å². The molecule has 0 bridgehead atoms. The summed E-state index contributed by atoms with van der Waals surface area (Å²) in [6.45, 7) is -1.06. The molecular weight excluding hydrogens is 588 g/mol. The van der Waals surface area contributed by atoms with E-state index in [1.54, 1.807) is 0 Å². The summed E-state index contributed by atoms with van der Waals surface area (Å²) in [6.07, 6.45) is -10.6.